The first-order valence-corrected chi connectivity index (χ1v) is 7.80. The molecule has 1 N–H and O–H groups in total. The van der Waals surface area contributed by atoms with Gasteiger partial charge >= 0.3 is 0 Å². The molecule has 0 unspecified atom stereocenters. The fraction of sp³-hybridized carbons (Fsp3) is 0.0952. The summed E-state index contributed by atoms with van der Waals surface area (Å²) in [6.07, 6.45) is 0.822. The van der Waals surface area contributed by atoms with Gasteiger partial charge in [0, 0.05) is 11.3 Å². The van der Waals surface area contributed by atoms with E-state index in [2.05, 4.69) is 29.6 Å². The monoisotopic (exact) mass is 299 g/mol. The molecule has 0 atom stereocenters. The molecule has 23 heavy (non-hydrogen) atoms. The van der Waals surface area contributed by atoms with Crippen LogP contribution in [0.25, 0.3) is 11.1 Å². The summed E-state index contributed by atoms with van der Waals surface area (Å²) in [5.74, 6) is -0.0430. The van der Waals surface area contributed by atoms with E-state index in [0.29, 0.717) is 0 Å². The van der Waals surface area contributed by atoms with Gasteiger partial charge in [-0.1, -0.05) is 54.1 Å². The predicted octanol–water partition coefficient (Wildman–Crippen LogP) is 4.82. The number of benzene rings is 3. The smallest absolute Gasteiger partial charge is 0.255 e. The normalized spacial score (nSPS) is 11.7. The van der Waals surface area contributed by atoms with E-state index in [0.717, 1.165) is 23.2 Å². The Kier molecular flexibility index (Phi) is 3.23. The molecule has 0 fully saturated rings. The van der Waals surface area contributed by atoms with Gasteiger partial charge < -0.3 is 5.32 Å². The maximum absolute atomic E-state index is 12.7. The Hall–Kier alpha value is -2.87. The average Bonchev–Trinajstić information content (AvgIpc) is 2.95. The van der Waals surface area contributed by atoms with Crippen molar-refractivity contribution in [2.45, 2.75) is 13.3 Å². The SMILES string of the molecule is Cc1ccc(NC(=O)c2cccc3c2Cc2ccccc2-3)cc1. The molecule has 0 heterocycles. The number of hydrogen-bond donors (Lipinski definition) is 1. The fourth-order valence-corrected chi connectivity index (χ4v) is 3.21. The molecule has 0 aromatic heterocycles. The van der Waals surface area contributed by atoms with Crippen LogP contribution < -0.4 is 5.32 Å². The molecule has 0 saturated carbocycles. The van der Waals surface area contributed by atoms with Crippen LogP contribution in [0.3, 0.4) is 0 Å². The minimum atomic E-state index is -0.0430. The lowest BCUT2D eigenvalue weighted by molar-refractivity contribution is 0.102. The van der Waals surface area contributed by atoms with Crippen LogP contribution >= 0.6 is 0 Å². The van der Waals surface area contributed by atoms with E-state index in [-0.39, 0.29) is 5.91 Å². The first kappa shape index (κ1) is 13.8. The quantitative estimate of drug-likeness (QED) is 0.565. The average molecular weight is 299 g/mol. The molecule has 4 rings (SSSR count). The molecule has 1 aliphatic carbocycles. The second kappa shape index (κ2) is 5.40. The summed E-state index contributed by atoms with van der Waals surface area (Å²) in [6.45, 7) is 2.03. The predicted molar refractivity (Wildman–Crippen MR) is 93.8 cm³/mol. The number of rotatable bonds is 2. The molecule has 2 heteroatoms. The second-order valence-electron chi connectivity index (χ2n) is 5.99. The fourth-order valence-electron chi connectivity index (χ4n) is 3.21. The minimum absolute atomic E-state index is 0.0430. The van der Waals surface area contributed by atoms with Crippen LogP contribution in [0, 0.1) is 6.92 Å². The van der Waals surface area contributed by atoms with Gasteiger partial charge in [0.15, 0.2) is 0 Å². The molecule has 0 saturated heterocycles. The van der Waals surface area contributed by atoms with Gasteiger partial charge in [0.05, 0.1) is 0 Å². The summed E-state index contributed by atoms with van der Waals surface area (Å²) in [6, 6.07) is 22.2. The van der Waals surface area contributed by atoms with Gasteiger partial charge in [0.1, 0.15) is 0 Å². The van der Waals surface area contributed by atoms with Crippen LogP contribution in [0.15, 0.2) is 66.7 Å². The van der Waals surface area contributed by atoms with Crippen molar-refractivity contribution in [1.29, 1.82) is 0 Å². The zero-order valence-electron chi connectivity index (χ0n) is 13.0. The van der Waals surface area contributed by atoms with Crippen LogP contribution in [0.5, 0.6) is 0 Å². The third-order valence-electron chi connectivity index (χ3n) is 4.40. The van der Waals surface area contributed by atoms with Gasteiger partial charge in [-0.15, -0.1) is 0 Å². The van der Waals surface area contributed by atoms with Crippen LogP contribution in [-0.2, 0) is 6.42 Å². The maximum atomic E-state index is 12.7. The van der Waals surface area contributed by atoms with Crippen molar-refractivity contribution in [2.24, 2.45) is 0 Å². The molecule has 1 aliphatic rings. The molecule has 112 valence electrons. The Morgan fingerprint density at radius 3 is 2.43 bits per heavy atom. The molecule has 0 aliphatic heterocycles. The largest absolute Gasteiger partial charge is 0.322 e. The lowest BCUT2D eigenvalue weighted by Gasteiger charge is -2.10. The van der Waals surface area contributed by atoms with Gasteiger partial charge in [0.2, 0.25) is 0 Å². The standard InChI is InChI=1S/C21H17NO/c1-14-9-11-16(12-10-14)22-21(23)19-8-4-7-18-17-6-3-2-5-15(17)13-20(18)19/h2-12H,13H2,1H3,(H,22,23). The minimum Gasteiger partial charge on any atom is -0.322 e. The van der Waals surface area contributed by atoms with Crippen LogP contribution in [-0.4, -0.2) is 5.91 Å². The highest BCUT2D eigenvalue weighted by atomic mass is 16.1. The van der Waals surface area contributed by atoms with Crippen LogP contribution in [0.4, 0.5) is 5.69 Å². The zero-order chi connectivity index (χ0) is 15.8. The van der Waals surface area contributed by atoms with E-state index in [1.807, 2.05) is 49.4 Å². The van der Waals surface area contributed by atoms with Crippen LogP contribution in [0.1, 0.15) is 27.0 Å². The van der Waals surface area contributed by atoms with Gasteiger partial charge in [0.25, 0.3) is 5.91 Å². The molecular weight excluding hydrogens is 282 g/mol. The Bertz CT molecular complexity index is 894. The lowest BCUT2D eigenvalue weighted by Crippen LogP contribution is -2.14. The van der Waals surface area contributed by atoms with Gasteiger partial charge in [-0.3, -0.25) is 4.79 Å². The third kappa shape index (κ3) is 2.42. The van der Waals surface area contributed by atoms with Gasteiger partial charge in [-0.25, -0.2) is 0 Å². The Labute approximate surface area is 135 Å². The summed E-state index contributed by atoms with van der Waals surface area (Å²) in [4.78, 5) is 12.7. The number of aryl methyl sites for hydroxylation is 1. The summed E-state index contributed by atoms with van der Waals surface area (Å²) in [7, 11) is 0. The molecule has 1 amide bonds. The zero-order valence-corrected chi connectivity index (χ0v) is 13.0. The van der Waals surface area contributed by atoms with Gasteiger partial charge in [-0.2, -0.15) is 0 Å². The molecular formula is C21H17NO. The Morgan fingerprint density at radius 2 is 1.61 bits per heavy atom. The van der Waals surface area contributed by atoms with Gasteiger partial charge in [-0.05, 0) is 53.8 Å². The molecule has 0 radical (unpaired) electrons. The van der Waals surface area contributed by atoms with E-state index < -0.39 is 0 Å². The van der Waals surface area contributed by atoms with Crippen molar-refractivity contribution in [3.63, 3.8) is 0 Å². The Balaban J connectivity index is 1.68. The summed E-state index contributed by atoms with van der Waals surface area (Å²) >= 11 is 0. The number of carbonyl (C=O) groups is 1. The number of anilines is 1. The van der Waals surface area contributed by atoms with Crippen LogP contribution in [0.2, 0.25) is 0 Å². The second-order valence-corrected chi connectivity index (χ2v) is 5.99. The number of carbonyl (C=O) groups excluding carboxylic acids is 1. The lowest BCUT2D eigenvalue weighted by atomic mass is 10.0. The van der Waals surface area contributed by atoms with E-state index in [1.54, 1.807) is 0 Å². The van der Waals surface area contributed by atoms with E-state index >= 15 is 0 Å². The summed E-state index contributed by atoms with van der Waals surface area (Å²) in [5, 5.41) is 3.00. The Morgan fingerprint density at radius 1 is 0.870 bits per heavy atom. The molecule has 3 aromatic rings. The van der Waals surface area contributed by atoms with E-state index in [9.17, 15) is 4.79 Å². The highest BCUT2D eigenvalue weighted by molar-refractivity contribution is 6.07. The van der Waals surface area contributed by atoms with Crippen molar-refractivity contribution in [3.8, 4) is 11.1 Å². The topological polar surface area (TPSA) is 29.1 Å². The number of amides is 1. The summed E-state index contributed by atoms with van der Waals surface area (Å²) in [5.41, 5.74) is 7.60. The molecule has 3 aromatic carbocycles. The van der Waals surface area contributed by atoms with E-state index in [4.69, 9.17) is 0 Å². The maximum Gasteiger partial charge on any atom is 0.255 e. The highest BCUT2D eigenvalue weighted by Gasteiger charge is 2.23. The summed E-state index contributed by atoms with van der Waals surface area (Å²) < 4.78 is 0. The number of nitrogens with one attached hydrogen (secondary N) is 1. The van der Waals surface area contributed by atoms with Crippen molar-refractivity contribution in [1.82, 2.24) is 0 Å². The molecule has 2 nitrogen and oxygen atoms in total. The van der Waals surface area contributed by atoms with Crippen molar-refractivity contribution < 1.29 is 4.79 Å². The molecule has 0 spiro atoms. The first-order valence-electron chi connectivity index (χ1n) is 7.80. The van der Waals surface area contributed by atoms with Crippen molar-refractivity contribution in [2.75, 3.05) is 5.32 Å². The molecule has 0 bridgehead atoms. The number of hydrogen-bond acceptors (Lipinski definition) is 1. The van der Waals surface area contributed by atoms with E-state index in [1.165, 1.54) is 22.3 Å². The number of fused-ring (bicyclic) bond motifs is 3. The highest BCUT2D eigenvalue weighted by Crippen LogP contribution is 2.38. The van der Waals surface area contributed by atoms with Crippen molar-refractivity contribution in [3.05, 3.63) is 89.0 Å². The third-order valence-corrected chi connectivity index (χ3v) is 4.40. The first-order chi connectivity index (χ1) is 11.2. The van der Waals surface area contributed by atoms with Crippen molar-refractivity contribution >= 4 is 11.6 Å².